The lowest BCUT2D eigenvalue weighted by Crippen LogP contribution is -2.14. The van der Waals surface area contributed by atoms with Gasteiger partial charge in [0.15, 0.2) is 0 Å². The van der Waals surface area contributed by atoms with Gasteiger partial charge in [-0.1, -0.05) is 18.2 Å². The van der Waals surface area contributed by atoms with Gasteiger partial charge in [0.1, 0.15) is 0 Å². The van der Waals surface area contributed by atoms with Gasteiger partial charge in [-0.05, 0) is 39.0 Å². The monoisotopic (exact) mass is 373 g/mol. The molecule has 0 saturated heterocycles. The summed E-state index contributed by atoms with van der Waals surface area (Å²) in [6, 6.07) is 11.6. The molecule has 1 N–H and O–H groups in total. The maximum Gasteiger partial charge on any atom is 0.259 e. The minimum absolute atomic E-state index is 0.262. The van der Waals surface area contributed by atoms with Gasteiger partial charge in [-0.3, -0.25) is 4.79 Å². The highest BCUT2D eigenvalue weighted by Crippen LogP contribution is 2.16. The summed E-state index contributed by atoms with van der Waals surface area (Å²) in [7, 11) is 0. The molecular formula is C20H19N7O. The summed E-state index contributed by atoms with van der Waals surface area (Å²) < 4.78 is 3.40. The quantitative estimate of drug-likeness (QED) is 0.594. The molecule has 8 nitrogen and oxygen atoms in total. The van der Waals surface area contributed by atoms with Crippen molar-refractivity contribution in [3.63, 3.8) is 0 Å². The number of amides is 1. The van der Waals surface area contributed by atoms with Crippen molar-refractivity contribution in [1.82, 2.24) is 29.5 Å². The van der Waals surface area contributed by atoms with Crippen molar-refractivity contribution >= 4 is 11.6 Å². The minimum Gasteiger partial charge on any atom is -0.319 e. The first-order valence-corrected chi connectivity index (χ1v) is 8.80. The van der Waals surface area contributed by atoms with E-state index in [1.807, 2.05) is 57.2 Å². The Balaban J connectivity index is 1.53. The topological polar surface area (TPSA) is 90.5 Å². The number of anilines is 1. The first-order chi connectivity index (χ1) is 13.5. The van der Waals surface area contributed by atoms with Crippen molar-refractivity contribution in [2.24, 2.45) is 0 Å². The first-order valence-electron chi connectivity index (χ1n) is 8.80. The van der Waals surface area contributed by atoms with Gasteiger partial charge in [0, 0.05) is 5.69 Å². The highest BCUT2D eigenvalue weighted by Gasteiger charge is 2.16. The molecule has 0 spiro atoms. The molecule has 0 aliphatic rings. The molecule has 0 radical (unpaired) electrons. The molecular weight excluding hydrogens is 354 g/mol. The second-order valence-electron chi connectivity index (χ2n) is 6.46. The Kier molecular flexibility index (Phi) is 4.44. The Morgan fingerprint density at radius 3 is 2.32 bits per heavy atom. The molecule has 4 aromatic rings. The van der Waals surface area contributed by atoms with Crippen LogP contribution in [0.25, 0.3) is 11.6 Å². The second kappa shape index (κ2) is 7.07. The van der Waals surface area contributed by atoms with Crippen LogP contribution in [-0.2, 0) is 0 Å². The maximum absolute atomic E-state index is 12.7. The smallest absolute Gasteiger partial charge is 0.259 e. The van der Waals surface area contributed by atoms with Crippen LogP contribution < -0.4 is 5.32 Å². The Bertz CT molecular complexity index is 1130. The highest BCUT2D eigenvalue weighted by atomic mass is 16.1. The molecule has 28 heavy (non-hydrogen) atoms. The fraction of sp³-hybridized carbons (Fsp3) is 0.150. The van der Waals surface area contributed by atoms with Crippen LogP contribution in [0.5, 0.6) is 0 Å². The first kappa shape index (κ1) is 17.6. The molecule has 0 atom stereocenters. The molecule has 4 rings (SSSR count). The number of nitrogens with zero attached hydrogens (tertiary/aromatic N) is 6. The van der Waals surface area contributed by atoms with Gasteiger partial charge in [-0.2, -0.15) is 10.2 Å². The van der Waals surface area contributed by atoms with Crippen molar-refractivity contribution in [2.75, 3.05) is 5.32 Å². The summed E-state index contributed by atoms with van der Waals surface area (Å²) in [5, 5.41) is 11.5. The number of hydrogen-bond acceptors (Lipinski definition) is 5. The van der Waals surface area contributed by atoms with Crippen LogP contribution in [0.3, 0.4) is 0 Å². The molecule has 3 aromatic heterocycles. The number of rotatable bonds is 4. The second-order valence-corrected chi connectivity index (χ2v) is 6.46. The number of benzene rings is 1. The van der Waals surface area contributed by atoms with E-state index in [9.17, 15) is 4.79 Å². The van der Waals surface area contributed by atoms with Gasteiger partial charge in [0.25, 0.3) is 11.9 Å². The average Bonchev–Trinajstić information content (AvgIpc) is 3.24. The lowest BCUT2D eigenvalue weighted by atomic mass is 10.2. The van der Waals surface area contributed by atoms with Gasteiger partial charge in [-0.25, -0.2) is 19.3 Å². The summed E-state index contributed by atoms with van der Waals surface area (Å²) in [5.74, 6) is 0.193. The van der Waals surface area contributed by atoms with Crippen LogP contribution in [-0.4, -0.2) is 35.4 Å². The number of hydrogen-bond donors (Lipinski definition) is 1. The number of aryl methyl sites for hydroxylation is 2. The zero-order valence-electron chi connectivity index (χ0n) is 15.8. The predicted molar refractivity (Wildman–Crippen MR) is 105 cm³/mol. The fourth-order valence-corrected chi connectivity index (χ4v) is 2.99. The van der Waals surface area contributed by atoms with E-state index in [1.54, 1.807) is 28.0 Å². The summed E-state index contributed by atoms with van der Waals surface area (Å²) >= 11 is 0. The van der Waals surface area contributed by atoms with Crippen molar-refractivity contribution in [3.05, 3.63) is 77.6 Å². The van der Waals surface area contributed by atoms with E-state index in [-0.39, 0.29) is 5.91 Å². The van der Waals surface area contributed by atoms with Gasteiger partial charge < -0.3 is 5.32 Å². The molecule has 0 unspecified atom stereocenters. The van der Waals surface area contributed by atoms with Gasteiger partial charge in [0.05, 0.1) is 46.9 Å². The van der Waals surface area contributed by atoms with E-state index in [1.165, 1.54) is 0 Å². The van der Waals surface area contributed by atoms with E-state index in [0.29, 0.717) is 17.2 Å². The average molecular weight is 373 g/mol. The van der Waals surface area contributed by atoms with Gasteiger partial charge in [-0.15, -0.1) is 0 Å². The van der Waals surface area contributed by atoms with Crippen molar-refractivity contribution in [1.29, 1.82) is 0 Å². The van der Waals surface area contributed by atoms with E-state index in [0.717, 1.165) is 22.8 Å². The fourth-order valence-electron chi connectivity index (χ4n) is 2.99. The molecule has 1 aromatic carbocycles. The number of carbonyl (C=O) groups excluding carboxylic acids is 1. The lowest BCUT2D eigenvalue weighted by Gasteiger charge is -2.07. The predicted octanol–water partition coefficient (Wildman–Crippen LogP) is 3.03. The number of para-hydroxylation sites is 1. The van der Waals surface area contributed by atoms with Crippen LogP contribution in [0.1, 0.15) is 27.4 Å². The molecule has 0 fully saturated rings. The zero-order chi connectivity index (χ0) is 19.7. The largest absolute Gasteiger partial charge is 0.319 e. The van der Waals surface area contributed by atoms with Crippen LogP contribution in [0, 0.1) is 20.8 Å². The molecule has 8 heteroatoms. The molecule has 0 aliphatic heterocycles. The summed E-state index contributed by atoms with van der Waals surface area (Å²) in [6.07, 6.45) is 4.68. The Morgan fingerprint density at radius 1 is 0.964 bits per heavy atom. The summed E-state index contributed by atoms with van der Waals surface area (Å²) in [5.41, 5.74) is 4.48. The van der Waals surface area contributed by atoms with Crippen molar-refractivity contribution in [3.8, 4) is 11.6 Å². The number of nitrogens with one attached hydrogen (secondary N) is 1. The van der Waals surface area contributed by atoms with Crippen LogP contribution in [0.15, 0.2) is 55.0 Å². The third-order valence-electron chi connectivity index (χ3n) is 4.35. The molecule has 1 amide bonds. The minimum atomic E-state index is -0.262. The van der Waals surface area contributed by atoms with E-state index in [2.05, 4.69) is 25.5 Å². The molecule has 0 saturated carbocycles. The summed E-state index contributed by atoms with van der Waals surface area (Å²) in [6.45, 7) is 5.71. The lowest BCUT2D eigenvalue weighted by molar-refractivity contribution is 0.102. The molecule has 3 heterocycles. The molecule has 140 valence electrons. The van der Waals surface area contributed by atoms with Crippen LogP contribution in [0.2, 0.25) is 0 Å². The highest BCUT2D eigenvalue weighted by molar-refractivity contribution is 6.04. The third-order valence-corrected chi connectivity index (χ3v) is 4.35. The van der Waals surface area contributed by atoms with Crippen molar-refractivity contribution < 1.29 is 4.79 Å². The number of aromatic nitrogens is 6. The summed E-state index contributed by atoms with van der Waals surface area (Å²) in [4.78, 5) is 21.3. The van der Waals surface area contributed by atoms with E-state index < -0.39 is 0 Å². The maximum atomic E-state index is 12.7. The Morgan fingerprint density at radius 2 is 1.68 bits per heavy atom. The molecule has 0 bridgehead atoms. The van der Waals surface area contributed by atoms with Gasteiger partial charge in [0.2, 0.25) is 0 Å². The van der Waals surface area contributed by atoms with E-state index in [4.69, 9.17) is 0 Å². The van der Waals surface area contributed by atoms with Crippen molar-refractivity contribution in [2.45, 2.75) is 20.8 Å². The Hall–Kier alpha value is -3.81. The van der Waals surface area contributed by atoms with Crippen LogP contribution in [0.4, 0.5) is 5.69 Å². The standard InChI is InChI=1S/C20H19N7O/c1-13-9-14(2)26(25-13)20-21-10-16(11-22-20)24-19(28)18-12-23-27(15(18)3)17-7-5-4-6-8-17/h4-12H,1-3H3,(H,24,28). The van der Waals surface area contributed by atoms with E-state index >= 15 is 0 Å². The third kappa shape index (κ3) is 3.27. The Labute approximate surface area is 161 Å². The van der Waals surface area contributed by atoms with Gasteiger partial charge >= 0.3 is 0 Å². The normalized spacial score (nSPS) is 10.8. The van der Waals surface area contributed by atoms with Crippen LogP contribution >= 0.6 is 0 Å². The molecule has 0 aliphatic carbocycles. The zero-order valence-corrected chi connectivity index (χ0v) is 15.8. The SMILES string of the molecule is Cc1cc(C)n(-c2ncc(NC(=O)c3cnn(-c4ccccc4)c3C)cn2)n1. The number of carbonyl (C=O) groups is 1.